The van der Waals surface area contributed by atoms with Crippen LogP contribution < -0.4 is 20.1 Å². The van der Waals surface area contributed by atoms with E-state index in [1.54, 1.807) is 11.8 Å². The minimum atomic E-state index is -4.58. The SMILES string of the molecule is CC(C(=O)NCc1ccc(C(F)(F)F)nc1N1CCCCC1)c1ccc(CNS(N)(=O)=O)c(F)c1. The molecule has 3 rings (SSSR count). The number of rotatable bonds is 8. The maximum absolute atomic E-state index is 14.4. The molecule has 1 saturated heterocycles. The van der Waals surface area contributed by atoms with Gasteiger partial charge in [-0.3, -0.25) is 4.79 Å². The van der Waals surface area contributed by atoms with Crippen molar-refractivity contribution >= 4 is 21.9 Å². The molecular formula is C22H27F4N5O3S. The molecule has 4 N–H and O–H groups in total. The highest BCUT2D eigenvalue weighted by Crippen LogP contribution is 2.31. The number of carbonyl (C=O) groups is 1. The molecule has 2 heterocycles. The van der Waals surface area contributed by atoms with Crippen molar-refractivity contribution in [3.8, 4) is 0 Å². The van der Waals surface area contributed by atoms with Crippen LogP contribution in [0.1, 0.15) is 54.5 Å². The van der Waals surface area contributed by atoms with E-state index in [9.17, 15) is 30.8 Å². The standard InChI is InChI=1S/C22H27F4N5O3S/c1-14(15-5-6-16(18(23)11-15)13-29-35(27,33)34)21(32)28-12-17-7-8-19(22(24,25)26)30-20(17)31-9-3-2-4-10-31/h5-8,11,14,29H,2-4,9-10,12-13H2,1H3,(H,28,32)(H2,27,33,34). The molecule has 1 aromatic carbocycles. The quantitative estimate of drug-likeness (QED) is 0.466. The summed E-state index contributed by atoms with van der Waals surface area (Å²) < 4.78 is 78.0. The van der Waals surface area contributed by atoms with Crippen molar-refractivity contribution < 1.29 is 30.8 Å². The lowest BCUT2D eigenvalue weighted by molar-refractivity contribution is -0.141. The Hall–Kier alpha value is -2.77. The molecule has 0 radical (unpaired) electrons. The Morgan fingerprint density at radius 2 is 1.77 bits per heavy atom. The summed E-state index contributed by atoms with van der Waals surface area (Å²) in [5, 5.41) is 7.54. The number of carbonyl (C=O) groups excluding carboxylic acids is 1. The molecule has 0 saturated carbocycles. The molecule has 0 bridgehead atoms. The van der Waals surface area contributed by atoms with Crippen molar-refractivity contribution in [3.63, 3.8) is 0 Å². The third kappa shape index (κ3) is 7.36. The number of amides is 1. The minimum Gasteiger partial charge on any atom is -0.356 e. The van der Waals surface area contributed by atoms with E-state index >= 15 is 0 Å². The van der Waals surface area contributed by atoms with Gasteiger partial charge in [0.05, 0.1) is 5.92 Å². The van der Waals surface area contributed by atoms with Crippen molar-refractivity contribution in [1.29, 1.82) is 0 Å². The van der Waals surface area contributed by atoms with E-state index in [-0.39, 0.29) is 24.5 Å². The monoisotopic (exact) mass is 517 g/mol. The Morgan fingerprint density at radius 1 is 1.11 bits per heavy atom. The van der Waals surface area contributed by atoms with Gasteiger partial charge >= 0.3 is 6.18 Å². The number of alkyl halides is 3. The molecule has 0 aliphatic carbocycles. The zero-order valence-electron chi connectivity index (χ0n) is 19.0. The number of hydrogen-bond acceptors (Lipinski definition) is 5. The van der Waals surface area contributed by atoms with Crippen LogP contribution in [0.15, 0.2) is 30.3 Å². The van der Waals surface area contributed by atoms with Crippen molar-refractivity contribution in [3.05, 3.63) is 58.5 Å². The second kappa shape index (κ2) is 10.9. The van der Waals surface area contributed by atoms with Crippen LogP contribution in [0.25, 0.3) is 0 Å². The predicted octanol–water partition coefficient (Wildman–Crippen LogP) is 2.94. The highest BCUT2D eigenvalue weighted by molar-refractivity contribution is 7.87. The van der Waals surface area contributed by atoms with Crippen molar-refractivity contribution in [2.75, 3.05) is 18.0 Å². The van der Waals surface area contributed by atoms with E-state index in [0.717, 1.165) is 31.4 Å². The molecule has 1 amide bonds. The minimum absolute atomic E-state index is 0.0427. The topological polar surface area (TPSA) is 117 Å². The van der Waals surface area contributed by atoms with Gasteiger partial charge in [0, 0.05) is 37.3 Å². The number of nitrogens with two attached hydrogens (primary N) is 1. The molecule has 0 spiro atoms. The van der Waals surface area contributed by atoms with Gasteiger partial charge in [-0.2, -0.15) is 26.3 Å². The summed E-state index contributed by atoms with van der Waals surface area (Å²) in [6.07, 6.45) is -1.91. The third-order valence-corrected chi connectivity index (χ3v) is 6.34. The molecule has 1 aliphatic rings. The summed E-state index contributed by atoms with van der Waals surface area (Å²) in [6, 6.07) is 6.18. The molecule has 1 aromatic heterocycles. The second-order valence-electron chi connectivity index (χ2n) is 8.38. The number of anilines is 1. The molecule has 1 aliphatic heterocycles. The summed E-state index contributed by atoms with van der Waals surface area (Å²) in [6.45, 7) is 2.34. The molecule has 192 valence electrons. The van der Waals surface area contributed by atoms with Gasteiger partial charge in [0.25, 0.3) is 10.2 Å². The van der Waals surface area contributed by atoms with E-state index < -0.39 is 39.7 Å². The molecule has 1 atom stereocenters. The fourth-order valence-corrected chi connectivity index (χ4v) is 4.15. The maximum atomic E-state index is 14.4. The molecule has 13 heteroatoms. The number of nitrogens with zero attached hydrogens (tertiary/aromatic N) is 2. The normalized spacial score (nSPS) is 15.7. The van der Waals surface area contributed by atoms with Gasteiger partial charge in [-0.05, 0) is 43.9 Å². The largest absolute Gasteiger partial charge is 0.433 e. The Labute approximate surface area is 201 Å². The van der Waals surface area contributed by atoms with E-state index in [2.05, 4.69) is 10.3 Å². The first-order valence-corrected chi connectivity index (χ1v) is 12.6. The Morgan fingerprint density at radius 3 is 2.37 bits per heavy atom. The maximum Gasteiger partial charge on any atom is 0.433 e. The molecule has 1 unspecified atom stereocenters. The van der Waals surface area contributed by atoms with Gasteiger partial charge in [0.2, 0.25) is 5.91 Å². The van der Waals surface area contributed by atoms with Crippen molar-refractivity contribution in [1.82, 2.24) is 15.0 Å². The molecular weight excluding hydrogens is 490 g/mol. The summed E-state index contributed by atoms with van der Waals surface area (Å²) >= 11 is 0. The van der Waals surface area contributed by atoms with Gasteiger partial charge in [0.15, 0.2) is 0 Å². The van der Waals surface area contributed by atoms with Crippen LogP contribution in [0.3, 0.4) is 0 Å². The summed E-state index contributed by atoms with van der Waals surface area (Å²) in [4.78, 5) is 18.4. The molecule has 1 fully saturated rings. The first-order valence-electron chi connectivity index (χ1n) is 11.0. The van der Waals surface area contributed by atoms with E-state index in [4.69, 9.17) is 5.14 Å². The number of pyridine rings is 1. The van der Waals surface area contributed by atoms with Crippen LogP contribution in [0.5, 0.6) is 0 Å². The summed E-state index contributed by atoms with van der Waals surface area (Å²) in [5.74, 6) is -1.74. The van der Waals surface area contributed by atoms with Crippen LogP contribution in [-0.4, -0.2) is 32.4 Å². The van der Waals surface area contributed by atoms with E-state index in [0.29, 0.717) is 24.2 Å². The Balaban J connectivity index is 1.72. The lowest BCUT2D eigenvalue weighted by Gasteiger charge is -2.30. The second-order valence-corrected chi connectivity index (χ2v) is 9.76. The number of hydrogen-bond donors (Lipinski definition) is 3. The van der Waals surface area contributed by atoms with Crippen LogP contribution in [0.2, 0.25) is 0 Å². The number of nitrogens with one attached hydrogen (secondary N) is 2. The number of piperidine rings is 1. The van der Waals surface area contributed by atoms with Gasteiger partial charge in [-0.1, -0.05) is 18.2 Å². The smallest absolute Gasteiger partial charge is 0.356 e. The third-order valence-electron chi connectivity index (χ3n) is 5.79. The van der Waals surface area contributed by atoms with Crippen LogP contribution in [-0.2, 0) is 34.3 Å². The van der Waals surface area contributed by atoms with Gasteiger partial charge < -0.3 is 10.2 Å². The predicted molar refractivity (Wildman–Crippen MR) is 122 cm³/mol. The fraction of sp³-hybridized carbons (Fsp3) is 0.455. The van der Waals surface area contributed by atoms with E-state index in [1.165, 1.54) is 18.2 Å². The number of halogens is 4. The zero-order valence-corrected chi connectivity index (χ0v) is 19.8. The number of benzene rings is 1. The van der Waals surface area contributed by atoms with Crippen LogP contribution in [0.4, 0.5) is 23.4 Å². The lowest BCUT2D eigenvalue weighted by atomic mass is 9.98. The van der Waals surface area contributed by atoms with Crippen molar-refractivity contribution in [2.24, 2.45) is 5.14 Å². The zero-order chi connectivity index (χ0) is 25.8. The van der Waals surface area contributed by atoms with E-state index in [1.807, 2.05) is 4.72 Å². The Bertz CT molecular complexity index is 1170. The van der Waals surface area contributed by atoms with Gasteiger partial charge in [-0.15, -0.1) is 0 Å². The first-order chi connectivity index (χ1) is 16.3. The van der Waals surface area contributed by atoms with Gasteiger partial charge in [0.1, 0.15) is 17.3 Å². The molecule has 35 heavy (non-hydrogen) atoms. The highest BCUT2D eigenvalue weighted by Gasteiger charge is 2.34. The summed E-state index contributed by atoms with van der Waals surface area (Å²) in [5.41, 5.74) is -0.136. The van der Waals surface area contributed by atoms with Crippen molar-refractivity contribution in [2.45, 2.75) is 51.4 Å². The van der Waals surface area contributed by atoms with Gasteiger partial charge in [-0.25, -0.2) is 14.5 Å². The highest BCUT2D eigenvalue weighted by atomic mass is 32.2. The lowest BCUT2D eigenvalue weighted by Crippen LogP contribution is -2.33. The van der Waals surface area contributed by atoms with Crippen LogP contribution in [0, 0.1) is 5.82 Å². The first kappa shape index (κ1) is 26.8. The molecule has 8 nitrogen and oxygen atoms in total. The average molecular weight is 518 g/mol. The Kier molecular flexibility index (Phi) is 8.34. The average Bonchev–Trinajstić information content (AvgIpc) is 2.80. The summed E-state index contributed by atoms with van der Waals surface area (Å²) in [7, 11) is -3.99. The fourth-order valence-electron chi connectivity index (χ4n) is 3.79. The number of aromatic nitrogens is 1. The molecule has 2 aromatic rings. The van der Waals surface area contributed by atoms with Crippen LogP contribution >= 0.6 is 0 Å².